The van der Waals surface area contributed by atoms with Gasteiger partial charge in [0.05, 0.1) is 4.99 Å². The largest absolute Gasteiger partial charge is 0.369 e. The van der Waals surface area contributed by atoms with Crippen molar-refractivity contribution < 1.29 is 9.59 Å². The zero-order chi connectivity index (χ0) is 14.0. The lowest BCUT2D eigenvalue weighted by Crippen LogP contribution is -2.54. The van der Waals surface area contributed by atoms with Gasteiger partial charge in [0.15, 0.2) is 0 Å². The maximum atomic E-state index is 12.0. The van der Waals surface area contributed by atoms with Crippen LogP contribution in [0.4, 0.5) is 0 Å². The van der Waals surface area contributed by atoms with Crippen LogP contribution in [-0.4, -0.2) is 16.8 Å². The Morgan fingerprint density at radius 2 is 1.84 bits per heavy atom. The fraction of sp³-hybridized carbons (Fsp3) is 0.154. The molecule has 98 valence electrons. The Morgan fingerprint density at radius 1 is 1.21 bits per heavy atom. The molecule has 1 atom stereocenters. The molecule has 0 aliphatic carbocycles. The first-order chi connectivity index (χ1) is 8.98. The zero-order valence-corrected chi connectivity index (χ0v) is 10.9. The van der Waals surface area contributed by atoms with Gasteiger partial charge in [-0.25, -0.2) is 0 Å². The number of carbonyl (C=O) groups is 2. The van der Waals surface area contributed by atoms with Crippen molar-refractivity contribution in [2.75, 3.05) is 0 Å². The van der Waals surface area contributed by atoms with Gasteiger partial charge < -0.3 is 16.8 Å². The van der Waals surface area contributed by atoms with Crippen LogP contribution in [0.2, 0.25) is 0 Å². The number of thiocarbonyl (C=S) groups is 1. The van der Waals surface area contributed by atoms with Crippen LogP contribution in [0.3, 0.4) is 0 Å². The number of primary amides is 2. The summed E-state index contributed by atoms with van der Waals surface area (Å²) < 4.78 is 0. The van der Waals surface area contributed by atoms with E-state index in [-0.39, 0.29) is 17.0 Å². The van der Waals surface area contributed by atoms with Gasteiger partial charge in [-0.1, -0.05) is 42.5 Å². The summed E-state index contributed by atoms with van der Waals surface area (Å²) in [5, 5.41) is 2.75. The maximum Gasteiger partial charge on any atom is 0.246 e. The second kappa shape index (κ2) is 4.81. The number of carbonyl (C=O) groups excluding carboxylic acids is 2. The van der Waals surface area contributed by atoms with Gasteiger partial charge in [-0.3, -0.25) is 9.59 Å². The fourth-order valence-electron chi connectivity index (χ4n) is 2.15. The van der Waals surface area contributed by atoms with Crippen molar-refractivity contribution in [2.24, 2.45) is 11.5 Å². The third kappa shape index (κ3) is 2.10. The summed E-state index contributed by atoms with van der Waals surface area (Å²) >= 11 is 5.23. The van der Waals surface area contributed by atoms with Gasteiger partial charge in [0.2, 0.25) is 11.8 Å². The van der Waals surface area contributed by atoms with Gasteiger partial charge in [0.1, 0.15) is 5.41 Å². The van der Waals surface area contributed by atoms with E-state index < -0.39 is 17.2 Å². The highest BCUT2D eigenvalue weighted by Crippen LogP contribution is 2.34. The van der Waals surface area contributed by atoms with Crippen molar-refractivity contribution >= 4 is 29.0 Å². The molecule has 0 bridgehead atoms. The molecule has 0 radical (unpaired) electrons. The Balaban J connectivity index is 2.58. The van der Waals surface area contributed by atoms with Gasteiger partial charge in [-0.05, 0) is 5.56 Å². The highest BCUT2D eigenvalue weighted by Gasteiger charge is 2.46. The smallest absolute Gasteiger partial charge is 0.246 e. The number of hydrogen-bond acceptors (Lipinski definition) is 3. The Labute approximate surface area is 115 Å². The Kier molecular flexibility index (Phi) is 3.35. The molecule has 2 amide bonds. The van der Waals surface area contributed by atoms with Crippen molar-refractivity contribution in [3.63, 3.8) is 0 Å². The highest BCUT2D eigenvalue weighted by molar-refractivity contribution is 7.80. The molecule has 6 heteroatoms. The Morgan fingerprint density at radius 3 is 2.37 bits per heavy atom. The molecular formula is C13H13N3O2S. The summed E-state index contributed by atoms with van der Waals surface area (Å²) in [6, 6.07) is 8.89. The van der Waals surface area contributed by atoms with Gasteiger partial charge in [-0.2, -0.15) is 0 Å². The van der Waals surface area contributed by atoms with Crippen LogP contribution in [0.1, 0.15) is 12.0 Å². The van der Waals surface area contributed by atoms with Crippen LogP contribution in [0.5, 0.6) is 0 Å². The zero-order valence-electron chi connectivity index (χ0n) is 10.1. The van der Waals surface area contributed by atoms with Crippen molar-refractivity contribution in [1.29, 1.82) is 0 Å². The van der Waals surface area contributed by atoms with Crippen molar-refractivity contribution in [1.82, 2.24) is 5.32 Å². The van der Waals surface area contributed by atoms with Crippen LogP contribution >= 0.6 is 12.2 Å². The molecule has 1 heterocycles. The maximum absolute atomic E-state index is 12.0. The normalized spacial score (nSPS) is 22.3. The molecular weight excluding hydrogens is 262 g/mol. The second-order valence-corrected chi connectivity index (χ2v) is 4.73. The van der Waals surface area contributed by atoms with Crippen LogP contribution < -0.4 is 16.8 Å². The number of nitrogens with two attached hydrogens (primary N) is 2. The third-order valence-electron chi connectivity index (χ3n) is 3.22. The van der Waals surface area contributed by atoms with Crippen LogP contribution in [0.15, 0.2) is 42.1 Å². The Hall–Kier alpha value is -2.21. The average molecular weight is 275 g/mol. The monoisotopic (exact) mass is 275 g/mol. The molecule has 1 aliphatic rings. The topological polar surface area (TPSA) is 98.2 Å². The molecule has 1 aromatic carbocycles. The van der Waals surface area contributed by atoms with E-state index in [4.69, 9.17) is 23.7 Å². The fourth-order valence-corrected chi connectivity index (χ4v) is 2.50. The predicted molar refractivity (Wildman–Crippen MR) is 74.9 cm³/mol. The molecule has 5 N–H and O–H groups in total. The summed E-state index contributed by atoms with van der Waals surface area (Å²) in [7, 11) is 0. The minimum Gasteiger partial charge on any atom is -0.369 e. The molecule has 2 rings (SSSR count). The quantitative estimate of drug-likeness (QED) is 0.681. The van der Waals surface area contributed by atoms with E-state index in [0.717, 1.165) is 0 Å². The van der Waals surface area contributed by atoms with E-state index in [0.29, 0.717) is 5.56 Å². The second-order valence-electron chi connectivity index (χ2n) is 4.32. The number of benzene rings is 1. The van der Waals surface area contributed by atoms with Crippen molar-refractivity contribution in [3.05, 3.63) is 47.7 Å². The number of hydrogen-bond donors (Lipinski definition) is 3. The molecule has 5 nitrogen and oxygen atoms in total. The summed E-state index contributed by atoms with van der Waals surface area (Å²) in [5.74, 6) is -1.21. The minimum atomic E-state index is -1.23. The van der Waals surface area contributed by atoms with Crippen molar-refractivity contribution in [3.8, 4) is 0 Å². The van der Waals surface area contributed by atoms with Gasteiger partial charge in [-0.15, -0.1) is 0 Å². The van der Waals surface area contributed by atoms with Crippen LogP contribution in [0, 0.1) is 0 Å². The molecule has 0 saturated carbocycles. The first-order valence-electron chi connectivity index (χ1n) is 5.63. The lowest BCUT2D eigenvalue weighted by Gasteiger charge is -2.35. The molecule has 1 unspecified atom stereocenters. The molecule has 0 aromatic heterocycles. The lowest BCUT2D eigenvalue weighted by atomic mass is 9.73. The van der Waals surface area contributed by atoms with E-state index in [2.05, 4.69) is 5.32 Å². The third-order valence-corrected chi connectivity index (χ3v) is 3.69. The lowest BCUT2D eigenvalue weighted by molar-refractivity contribution is -0.121. The van der Waals surface area contributed by atoms with Gasteiger partial charge >= 0.3 is 0 Å². The first-order valence-corrected chi connectivity index (χ1v) is 6.04. The standard InChI is InChI=1S/C13H13N3O2S/c14-10(17)8-6-13(11(15)18,12(19)16-7-8)9-4-2-1-3-5-9/h1-5,7H,6H2,(H2,14,17)(H2,15,18)(H,16,19). The van der Waals surface area contributed by atoms with E-state index >= 15 is 0 Å². The number of rotatable bonds is 3. The summed E-state index contributed by atoms with van der Waals surface area (Å²) in [4.78, 5) is 23.6. The molecule has 0 fully saturated rings. The first kappa shape index (κ1) is 13.2. The molecule has 1 aliphatic heterocycles. The highest BCUT2D eigenvalue weighted by atomic mass is 32.1. The molecule has 0 saturated heterocycles. The number of amides is 2. The molecule has 0 spiro atoms. The Bertz CT molecular complexity index is 583. The molecule has 19 heavy (non-hydrogen) atoms. The predicted octanol–water partition coefficient (Wildman–Crippen LogP) is 0.0996. The SMILES string of the molecule is NC(=O)C1=CNC(=S)C(C(N)=O)(c2ccccc2)C1. The molecule has 1 aromatic rings. The summed E-state index contributed by atoms with van der Waals surface area (Å²) in [6.45, 7) is 0. The summed E-state index contributed by atoms with van der Waals surface area (Å²) in [6.07, 6.45) is 1.50. The summed E-state index contributed by atoms with van der Waals surface area (Å²) in [5.41, 5.74) is 10.5. The average Bonchev–Trinajstić information content (AvgIpc) is 2.39. The van der Waals surface area contributed by atoms with Gasteiger partial charge in [0, 0.05) is 18.2 Å². The minimum absolute atomic E-state index is 0.0769. The van der Waals surface area contributed by atoms with Crippen LogP contribution in [0.25, 0.3) is 0 Å². The van der Waals surface area contributed by atoms with E-state index in [9.17, 15) is 9.59 Å². The number of nitrogens with one attached hydrogen (secondary N) is 1. The van der Waals surface area contributed by atoms with Gasteiger partial charge in [0.25, 0.3) is 0 Å². The van der Waals surface area contributed by atoms with Crippen molar-refractivity contribution in [2.45, 2.75) is 11.8 Å². The van der Waals surface area contributed by atoms with E-state index in [1.165, 1.54) is 6.20 Å². The van der Waals surface area contributed by atoms with Crippen LogP contribution in [-0.2, 0) is 15.0 Å². The van der Waals surface area contributed by atoms with E-state index in [1.54, 1.807) is 24.3 Å². The van der Waals surface area contributed by atoms with E-state index in [1.807, 2.05) is 6.07 Å².